The van der Waals surface area contributed by atoms with Gasteiger partial charge in [-0.25, -0.2) is 43.9 Å². The fourth-order valence-corrected chi connectivity index (χ4v) is 23.0. The summed E-state index contributed by atoms with van der Waals surface area (Å²) in [5.41, 5.74) is 18.2. The molecule has 0 saturated carbocycles. The Kier molecular flexibility index (Phi) is 34.6. The quantitative estimate of drug-likeness (QED) is 0.0137. The number of phosphoric ester groups is 1. The number of methoxy groups -OCH3 is 4. The van der Waals surface area contributed by atoms with Crippen molar-refractivity contribution in [3.8, 4) is 0 Å². The predicted molar refractivity (Wildman–Crippen MR) is 495 cm³/mol. The third-order valence-electron chi connectivity index (χ3n) is 22.9. The Morgan fingerprint density at radius 3 is 1.30 bits per heavy atom. The molecule has 6 aliphatic heterocycles. The van der Waals surface area contributed by atoms with E-state index in [1.165, 1.54) is 85.2 Å². The molecule has 15 heterocycles. The van der Waals surface area contributed by atoms with Crippen LogP contribution in [0.4, 0.5) is 23.5 Å². The first-order valence-corrected chi connectivity index (χ1v) is 54.5. The van der Waals surface area contributed by atoms with Gasteiger partial charge in [0.05, 0.1) is 123 Å². The number of aliphatic hydroxyl groups excluding tert-OH is 1. The smallest absolute Gasteiger partial charge is 0.387 e. The molecule has 11 unspecified atom stereocenters. The summed E-state index contributed by atoms with van der Waals surface area (Å²) in [5.74, 6) is -0.769. The Morgan fingerprint density at radius 2 is 0.794 bits per heavy atom. The summed E-state index contributed by atoms with van der Waals surface area (Å²) in [4.78, 5) is 197. The maximum atomic E-state index is 15.4. The lowest BCUT2D eigenvalue weighted by atomic mass is 10.1. The average molecular weight is 2170 g/mol. The van der Waals surface area contributed by atoms with E-state index in [2.05, 4.69) is 59.8 Å². The molecule has 6 saturated heterocycles. The van der Waals surface area contributed by atoms with Crippen LogP contribution in [0.1, 0.15) is 73.8 Å². The number of aliphatic hydroxyl groups is 1. The van der Waals surface area contributed by atoms with Gasteiger partial charge in [0.25, 0.3) is 22.2 Å². The zero-order valence-corrected chi connectivity index (χ0v) is 83.3. The highest BCUT2D eigenvalue weighted by Crippen LogP contribution is 2.58. The summed E-state index contributed by atoms with van der Waals surface area (Å²) in [7, 11) is -0.510. The van der Waals surface area contributed by atoms with E-state index in [0.29, 0.717) is 11.2 Å². The fourth-order valence-electron chi connectivity index (χ4n) is 16.1. The van der Waals surface area contributed by atoms with Crippen LogP contribution in [0.5, 0.6) is 0 Å². The van der Waals surface area contributed by atoms with E-state index in [0.717, 1.165) is 30.8 Å². The molecule has 0 aliphatic carbocycles. The highest BCUT2D eigenvalue weighted by molar-refractivity contribution is 8.08. The number of anilines is 4. The Bertz CT molecular complexity index is 6700. The van der Waals surface area contributed by atoms with Crippen molar-refractivity contribution in [1.82, 2.24) is 87.2 Å². The van der Waals surface area contributed by atoms with Gasteiger partial charge in [0.1, 0.15) is 109 Å². The molecule has 6 fully saturated rings. The Balaban J connectivity index is 0.707. The van der Waals surface area contributed by atoms with Gasteiger partial charge in [-0.3, -0.25) is 84.6 Å². The summed E-state index contributed by atoms with van der Waals surface area (Å²) >= 11 is 22.7. The van der Waals surface area contributed by atoms with Gasteiger partial charge in [-0.05, 0) is 74.9 Å². The second kappa shape index (κ2) is 45.3. The van der Waals surface area contributed by atoms with Crippen molar-refractivity contribution >= 4 is 139 Å². The third kappa shape index (κ3) is 24.9. The molecular formula is C72H101N22O38P5S4. The molecule has 141 heavy (non-hydrogen) atoms. The van der Waals surface area contributed by atoms with Gasteiger partial charge in [0, 0.05) is 76.6 Å². The summed E-state index contributed by atoms with van der Waals surface area (Å²) in [6, 6.07) is 0. The number of aromatic amines is 4. The van der Waals surface area contributed by atoms with Crippen molar-refractivity contribution in [3.05, 3.63) is 133 Å². The lowest BCUT2D eigenvalue weighted by Crippen LogP contribution is -2.42. The number of hydrogen-bond acceptors (Lipinski definition) is 49. The highest BCUT2D eigenvalue weighted by Gasteiger charge is 2.57. The SMILES string of the molecule is COCCO[C@H]1C(O)[C@@H](COP(O)(=S)OC2[C@@H](COP(O)(=S)OC3[C@@H](COP(=O)(O)OC4[C@@H](COP(O)(=S)OC5C[C@H](n6cnc7c(=O)[nH]c(N)nc76)O[C@@H]5COP(O)(=S)OC5C[C@H](n6cnc7c(N)ncnc76)O[C@@H]5C)O[C@@H](n5cnc6c(=O)[nH]c(N)nc65)[C@H]4OCCOC)O[C@@H](n4cc(C)c(=O)[nH]c4=O)[C@H]3OCCOC)O[C@@H](n3cc(C)c(N)nc3=O)[C@H]2OCCOC)O[C@H]1n1cc(C)c(=O)[nH]c1=O. The number of fused-ring (bicyclic) bond motifs is 3. The molecule has 60 nitrogen and oxygen atoms in total. The molecule has 0 bridgehead atoms. The van der Waals surface area contributed by atoms with Crippen LogP contribution in [0.15, 0.2) is 77.5 Å². The largest absolute Gasteiger partial charge is 0.472 e. The minimum atomic E-state index is -5.88. The molecule has 9 aromatic heterocycles. The van der Waals surface area contributed by atoms with Gasteiger partial charge >= 0.3 is 51.8 Å². The minimum absolute atomic E-state index is 0.0173. The average Bonchev–Trinajstić information content (AvgIpc) is 1.59. The number of nitrogens with zero attached hydrogens (tertiary/aromatic N) is 14. The number of hydrogen-bond donors (Lipinski definition) is 14. The molecule has 0 spiro atoms. The van der Waals surface area contributed by atoms with Crippen LogP contribution in [-0.2, 0) is 163 Å². The molecule has 9 aromatic rings. The molecule has 15 rings (SSSR count). The minimum Gasteiger partial charge on any atom is -0.387 e. The van der Waals surface area contributed by atoms with Gasteiger partial charge in [-0.1, -0.05) is 0 Å². The summed E-state index contributed by atoms with van der Waals surface area (Å²) in [5, 5.41) is 11.8. The van der Waals surface area contributed by atoms with Gasteiger partial charge in [-0.15, -0.1) is 0 Å². The second-order valence-corrected chi connectivity index (χ2v) is 44.9. The topological polar surface area (TPSA) is 779 Å². The van der Waals surface area contributed by atoms with Crippen LogP contribution >= 0.6 is 34.7 Å². The Morgan fingerprint density at radius 1 is 0.404 bits per heavy atom. The van der Waals surface area contributed by atoms with Crippen LogP contribution in [0.25, 0.3) is 33.5 Å². The number of phosphoric acid groups is 1. The van der Waals surface area contributed by atoms with Crippen molar-refractivity contribution in [3.63, 3.8) is 0 Å². The predicted octanol–water partition coefficient (Wildman–Crippen LogP) is -2.65. The summed E-state index contributed by atoms with van der Waals surface area (Å²) in [6.45, 7) is -19.4. The molecule has 69 heteroatoms. The first kappa shape index (κ1) is 108. The summed E-state index contributed by atoms with van der Waals surface area (Å²) in [6.07, 6.45) is -25.3. The molecule has 776 valence electrons. The number of nitrogens with one attached hydrogen (secondary N) is 4. The van der Waals surface area contributed by atoms with E-state index in [4.69, 9.17) is 182 Å². The normalized spacial score (nSPS) is 29.2. The maximum absolute atomic E-state index is 15.4. The molecule has 6 aliphatic rings. The summed E-state index contributed by atoms with van der Waals surface area (Å²) < 4.78 is 168. The molecule has 27 atom stereocenters. The van der Waals surface area contributed by atoms with E-state index in [1.54, 1.807) is 11.5 Å². The van der Waals surface area contributed by atoms with E-state index in [1.807, 2.05) is 0 Å². The van der Waals surface area contributed by atoms with Crippen LogP contribution in [0.2, 0.25) is 0 Å². The van der Waals surface area contributed by atoms with Crippen molar-refractivity contribution in [1.29, 1.82) is 0 Å². The molecule has 0 aromatic carbocycles. The number of rotatable bonds is 47. The van der Waals surface area contributed by atoms with Crippen molar-refractivity contribution < 1.29 is 146 Å². The van der Waals surface area contributed by atoms with Crippen LogP contribution < -0.4 is 62.2 Å². The van der Waals surface area contributed by atoms with Crippen LogP contribution in [0, 0.1) is 20.8 Å². The number of ether oxygens (including phenoxy) is 14. The van der Waals surface area contributed by atoms with E-state index >= 15 is 4.57 Å². The highest BCUT2D eigenvalue weighted by atomic mass is 32.5. The zero-order chi connectivity index (χ0) is 101. The van der Waals surface area contributed by atoms with E-state index in [-0.39, 0.29) is 122 Å². The number of aromatic nitrogens is 18. The number of imidazole rings is 3. The molecular weight excluding hydrogens is 2060 g/mol. The van der Waals surface area contributed by atoms with Gasteiger partial charge in [0.15, 0.2) is 58.7 Å². The van der Waals surface area contributed by atoms with Crippen LogP contribution in [0.3, 0.4) is 0 Å². The van der Waals surface area contributed by atoms with Crippen LogP contribution in [-0.4, -0.2) is 329 Å². The standard InChI is InChI=1S/C72H101N22O38P5S4/c1-31-19-89(70(100)82-55(31)73)65-54(116-16-12-112-8)50(132-136(107,140)119-23-38-47(95)51(113-13-9-109-5)64(124-38)90-20-32(2)60(96)87-71(90)101)41(126-65)26-121-137(108,141)131-49-39(125-66(53(49)115-15-11-111-7)91-21-33(3)61(97)88-72(91)102)24-117-133(103,104)130-48-40(127-67(52(48)114-14-10-110-6)94-30-81-46-59(94)84-69(76)86-63(46)99)25-120-135(106,139)129-36-18-43(93-29-80-45-58(93)83-68(75)85-62(45)98)123-37(36)22-118-134(105,138)128-35-17-42(122-34(35)4)92-28-79-44-56(74)77-27-78-57(44)92/h19-21,27-30,34-43,47-54,64-67,95H,9-18,22-26H2,1-8H3,(H,103,104)(H,105,138)(H,106,139)(H,107,140)(H,108,141)(H2,73,82,100)(H2,74,77,78)(H,87,96,101)(H,88,97,102)(H3,75,83,85,98)(H3,76,84,86,99)/t34-,35?,36?,37-,38-,39-,40-,41-,42-,43-,47?,48?,49?,50?,51+,52+,53+,54+,64-,65-,66-,67-,134?,135?,136?,137?/m1/s1. The van der Waals surface area contributed by atoms with Gasteiger partial charge in [-0.2, -0.15) is 15.0 Å². The van der Waals surface area contributed by atoms with Crippen molar-refractivity contribution in [2.24, 2.45) is 0 Å². The van der Waals surface area contributed by atoms with Gasteiger partial charge < -0.3 is 146 Å². The monoisotopic (exact) mass is 2160 g/mol. The van der Waals surface area contributed by atoms with Gasteiger partial charge in [0.2, 0.25) is 11.9 Å². The molecule has 18 N–H and O–H groups in total. The molecule has 0 radical (unpaired) electrons. The number of H-pyrrole nitrogens is 4. The Labute approximate surface area is 813 Å². The lowest BCUT2D eigenvalue weighted by Gasteiger charge is -2.30. The number of aryl methyl sites for hydroxylation is 3. The Hall–Kier alpha value is -7.68. The van der Waals surface area contributed by atoms with E-state index in [9.17, 15) is 63.1 Å². The number of nitrogen functional groups attached to an aromatic ring is 4. The zero-order valence-electron chi connectivity index (χ0n) is 75.5. The third-order valence-corrected chi connectivity index (χ3v) is 30.1. The lowest BCUT2D eigenvalue weighted by molar-refractivity contribution is -0.0843. The molecule has 0 amide bonds. The fraction of sp³-hybridized carbons (Fsp3) is 0.625. The first-order valence-electron chi connectivity index (χ1n) is 42.6. The number of nitrogens with two attached hydrogens (primary N) is 4. The first-order chi connectivity index (χ1) is 66.9. The van der Waals surface area contributed by atoms with E-state index < -0.39 is 248 Å². The second-order valence-electron chi connectivity index (χ2n) is 32.4. The van der Waals surface area contributed by atoms with Crippen molar-refractivity contribution in [2.45, 2.75) is 176 Å². The van der Waals surface area contributed by atoms with Crippen molar-refractivity contribution in [2.75, 3.05) is 137 Å². The maximum Gasteiger partial charge on any atom is 0.472 e.